The normalized spacial score (nSPS) is 10.1. The Hall–Kier alpha value is -2.67. The molecule has 0 saturated carbocycles. The summed E-state index contributed by atoms with van der Waals surface area (Å²) in [5.41, 5.74) is 0.908. The van der Waals surface area contributed by atoms with E-state index in [1.807, 2.05) is 17.5 Å². The molecule has 0 bridgehead atoms. The first-order chi connectivity index (χ1) is 12.1. The van der Waals surface area contributed by atoms with Gasteiger partial charge in [0.15, 0.2) is 6.61 Å². The molecule has 0 spiro atoms. The number of carbonyl (C=O) groups excluding carboxylic acids is 3. The number of hydrogen-bond donors (Lipinski definition) is 2. The van der Waals surface area contributed by atoms with Crippen LogP contribution in [-0.2, 0) is 20.7 Å². The third-order valence-electron chi connectivity index (χ3n) is 3.38. The number of aryl methyl sites for hydroxylation is 1. The van der Waals surface area contributed by atoms with Crippen LogP contribution in [0, 0.1) is 0 Å². The highest BCUT2D eigenvalue weighted by Crippen LogP contribution is 2.12. The molecule has 25 heavy (non-hydrogen) atoms. The Morgan fingerprint density at radius 2 is 2.00 bits per heavy atom. The van der Waals surface area contributed by atoms with Crippen LogP contribution in [-0.4, -0.2) is 31.4 Å². The van der Waals surface area contributed by atoms with Crippen LogP contribution in [0.3, 0.4) is 0 Å². The lowest BCUT2D eigenvalue weighted by Gasteiger charge is -2.08. The zero-order valence-corrected chi connectivity index (χ0v) is 14.7. The Balaban J connectivity index is 1.71. The Morgan fingerprint density at radius 3 is 2.72 bits per heavy atom. The second kappa shape index (κ2) is 9.58. The summed E-state index contributed by atoms with van der Waals surface area (Å²) >= 11 is 1.65. The minimum atomic E-state index is -0.444. The molecule has 6 nitrogen and oxygen atoms in total. The number of benzene rings is 1. The molecular weight excluding hydrogens is 340 g/mol. The van der Waals surface area contributed by atoms with Gasteiger partial charge in [-0.25, -0.2) is 0 Å². The Bertz CT molecular complexity index is 728. The van der Waals surface area contributed by atoms with Crippen LogP contribution in [0.1, 0.15) is 28.1 Å². The van der Waals surface area contributed by atoms with Gasteiger partial charge < -0.3 is 15.4 Å². The number of amides is 2. The summed E-state index contributed by atoms with van der Waals surface area (Å²) in [6, 6.07) is 10.5. The largest absolute Gasteiger partial charge is 0.456 e. The van der Waals surface area contributed by atoms with Crippen LogP contribution in [0.4, 0.5) is 5.69 Å². The van der Waals surface area contributed by atoms with E-state index in [-0.39, 0.29) is 18.9 Å². The Kier molecular flexibility index (Phi) is 7.16. The molecule has 0 atom stereocenters. The maximum atomic E-state index is 11.8. The van der Waals surface area contributed by atoms with Gasteiger partial charge in [-0.2, -0.15) is 0 Å². The number of ether oxygens (including phenoxy) is 1. The van der Waals surface area contributed by atoms with Crippen molar-refractivity contribution >= 4 is 34.8 Å². The van der Waals surface area contributed by atoms with E-state index in [1.165, 1.54) is 11.9 Å². The van der Waals surface area contributed by atoms with E-state index < -0.39 is 11.9 Å². The molecule has 2 amide bonds. The maximum absolute atomic E-state index is 11.8. The molecular formula is C18H20N2O4S. The van der Waals surface area contributed by atoms with Gasteiger partial charge in [0.2, 0.25) is 0 Å². The summed E-state index contributed by atoms with van der Waals surface area (Å²) in [7, 11) is 1.53. The molecule has 2 aromatic rings. The van der Waals surface area contributed by atoms with Gasteiger partial charge in [-0.3, -0.25) is 14.4 Å². The van der Waals surface area contributed by atoms with Crippen molar-refractivity contribution in [2.45, 2.75) is 19.3 Å². The lowest BCUT2D eigenvalue weighted by atomic mass is 10.2. The van der Waals surface area contributed by atoms with Crippen LogP contribution in [0.25, 0.3) is 0 Å². The number of hydrogen-bond acceptors (Lipinski definition) is 5. The van der Waals surface area contributed by atoms with E-state index in [4.69, 9.17) is 4.74 Å². The SMILES string of the molecule is CNC(=O)c1cccc(NC(=O)COC(=O)CCCc2cccs2)c1. The minimum Gasteiger partial charge on any atom is -0.456 e. The molecule has 0 fully saturated rings. The van der Waals surface area contributed by atoms with Crippen LogP contribution in [0.15, 0.2) is 41.8 Å². The number of rotatable bonds is 8. The number of thiophene rings is 1. The van der Waals surface area contributed by atoms with E-state index in [2.05, 4.69) is 10.6 Å². The molecule has 2 N–H and O–H groups in total. The summed E-state index contributed by atoms with van der Waals surface area (Å²) in [5, 5.41) is 7.11. The van der Waals surface area contributed by atoms with Gasteiger partial charge in [-0.1, -0.05) is 12.1 Å². The zero-order valence-electron chi connectivity index (χ0n) is 13.9. The van der Waals surface area contributed by atoms with Gasteiger partial charge in [0.25, 0.3) is 11.8 Å². The van der Waals surface area contributed by atoms with E-state index in [0.717, 1.165) is 6.42 Å². The number of nitrogens with one attached hydrogen (secondary N) is 2. The minimum absolute atomic E-state index is 0.242. The third-order valence-corrected chi connectivity index (χ3v) is 4.32. The van der Waals surface area contributed by atoms with Crippen molar-refractivity contribution in [2.75, 3.05) is 19.0 Å². The van der Waals surface area contributed by atoms with Crippen molar-refractivity contribution < 1.29 is 19.1 Å². The van der Waals surface area contributed by atoms with Gasteiger partial charge in [-0.15, -0.1) is 11.3 Å². The average Bonchev–Trinajstić information content (AvgIpc) is 3.13. The number of carbonyl (C=O) groups is 3. The van der Waals surface area contributed by atoms with Crippen molar-refractivity contribution in [3.05, 3.63) is 52.2 Å². The fourth-order valence-electron chi connectivity index (χ4n) is 2.16. The highest BCUT2D eigenvalue weighted by atomic mass is 32.1. The predicted octanol–water partition coefficient (Wildman–Crippen LogP) is 2.61. The second-order valence-electron chi connectivity index (χ2n) is 5.30. The quantitative estimate of drug-likeness (QED) is 0.709. The highest BCUT2D eigenvalue weighted by molar-refractivity contribution is 7.09. The lowest BCUT2D eigenvalue weighted by molar-refractivity contribution is -0.147. The zero-order chi connectivity index (χ0) is 18.1. The molecule has 1 heterocycles. The molecule has 0 saturated heterocycles. The molecule has 0 unspecified atom stereocenters. The molecule has 7 heteroatoms. The molecule has 0 aliphatic rings. The standard InChI is InChI=1S/C18H20N2O4S/c1-19-18(23)13-5-2-6-14(11-13)20-16(21)12-24-17(22)9-3-7-15-8-4-10-25-15/h2,4-6,8,10-11H,3,7,9,12H2,1H3,(H,19,23)(H,20,21). The van der Waals surface area contributed by atoms with E-state index >= 15 is 0 Å². The van der Waals surface area contributed by atoms with Crippen LogP contribution in [0.5, 0.6) is 0 Å². The molecule has 0 radical (unpaired) electrons. The molecule has 1 aromatic carbocycles. The van der Waals surface area contributed by atoms with E-state index in [1.54, 1.807) is 35.6 Å². The summed E-state index contributed by atoms with van der Waals surface area (Å²) in [5.74, 6) is -1.08. The first-order valence-electron chi connectivity index (χ1n) is 7.88. The van der Waals surface area contributed by atoms with Crippen molar-refractivity contribution in [2.24, 2.45) is 0 Å². The van der Waals surface area contributed by atoms with Crippen LogP contribution in [0.2, 0.25) is 0 Å². The third kappa shape index (κ3) is 6.39. The number of esters is 1. The summed E-state index contributed by atoms with van der Waals surface area (Å²) < 4.78 is 4.97. The summed E-state index contributed by atoms with van der Waals surface area (Å²) in [4.78, 5) is 36.3. The molecule has 2 rings (SSSR count). The first-order valence-corrected chi connectivity index (χ1v) is 8.76. The first kappa shape index (κ1) is 18.7. The smallest absolute Gasteiger partial charge is 0.306 e. The van der Waals surface area contributed by atoms with Crippen molar-refractivity contribution in [1.29, 1.82) is 0 Å². The fourth-order valence-corrected chi connectivity index (χ4v) is 2.91. The fraction of sp³-hybridized carbons (Fsp3) is 0.278. The van der Waals surface area contributed by atoms with E-state index in [0.29, 0.717) is 17.7 Å². The topological polar surface area (TPSA) is 84.5 Å². The van der Waals surface area contributed by atoms with Gasteiger partial charge in [0.05, 0.1) is 0 Å². The number of anilines is 1. The van der Waals surface area contributed by atoms with Crippen molar-refractivity contribution in [1.82, 2.24) is 5.32 Å². The van der Waals surface area contributed by atoms with Crippen LogP contribution >= 0.6 is 11.3 Å². The van der Waals surface area contributed by atoms with Gasteiger partial charge in [-0.05, 0) is 42.5 Å². The van der Waals surface area contributed by atoms with Crippen LogP contribution < -0.4 is 10.6 Å². The van der Waals surface area contributed by atoms with Gasteiger partial charge in [0.1, 0.15) is 0 Å². The van der Waals surface area contributed by atoms with Crippen molar-refractivity contribution in [3.8, 4) is 0 Å². The lowest BCUT2D eigenvalue weighted by Crippen LogP contribution is -2.21. The molecule has 0 aliphatic heterocycles. The summed E-state index contributed by atoms with van der Waals surface area (Å²) in [6.45, 7) is -0.345. The molecule has 132 valence electrons. The average molecular weight is 360 g/mol. The monoisotopic (exact) mass is 360 g/mol. The predicted molar refractivity (Wildman–Crippen MR) is 96.7 cm³/mol. The molecule has 1 aromatic heterocycles. The van der Waals surface area contributed by atoms with Gasteiger partial charge >= 0.3 is 5.97 Å². The second-order valence-corrected chi connectivity index (χ2v) is 6.33. The van der Waals surface area contributed by atoms with Crippen molar-refractivity contribution in [3.63, 3.8) is 0 Å². The van der Waals surface area contributed by atoms with E-state index in [9.17, 15) is 14.4 Å². The van der Waals surface area contributed by atoms with Gasteiger partial charge in [0, 0.05) is 29.6 Å². The molecule has 0 aliphatic carbocycles. The Morgan fingerprint density at radius 1 is 1.16 bits per heavy atom. The summed E-state index contributed by atoms with van der Waals surface area (Å²) in [6.07, 6.45) is 1.79. The maximum Gasteiger partial charge on any atom is 0.306 e. The highest BCUT2D eigenvalue weighted by Gasteiger charge is 2.09. The Labute approximate surface area is 150 Å².